The Balaban J connectivity index is 1.91. The van der Waals surface area contributed by atoms with Crippen LogP contribution >= 0.6 is 0 Å². The van der Waals surface area contributed by atoms with Crippen LogP contribution in [0.25, 0.3) is 0 Å². The highest BCUT2D eigenvalue weighted by Crippen LogP contribution is 2.15. The number of rotatable bonds is 2. The van der Waals surface area contributed by atoms with Crippen molar-refractivity contribution in [1.29, 1.82) is 0 Å². The molecule has 1 fully saturated rings. The average molecular weight is 305 g/mol. The Morgan fingerprint density at radius 2 is 2.14 bits per heavy atom. The van der Waals surface area contributed by atoms with E-state index in [1.807, 2.05) is 20.8 Å². The summed E-state index contributed by atoms with van der Waals surface area (Å²) in [6.45, 7) is 6.65. The minimum Gasteiger partial charge on any atom is -0.444 e. The van der Waals surface area contributed by atoms with Gasteiger partial charge in [-0.05, 0) is 45.7 Å². The van der Waals surface area contributed by atoms with Crippen LogP contribution in [-0.2, 0) is 4.74 Å². The lowest BCUT2D eigenvalue weighted by Crippen LogP contribution is -2.50. The number of hydrogen-bond donors (Lipinski definition) is 1. The zero-order chi connectivity index (χ0) is 16.2. The predicted molar refractivity (Wildman–Crippen MR) is 82.5 cm³/mol. The van der Waals surface area contributed by atoms with Gasteiger partial charge in [-0.25, -0.2) is 4.79 Å². The van der Waals surface area contributed by atoms with Crippen LogP contribution in [0.2, 0.25) is 0 Å². The Bertz CT molecular complexity index is 525. The highest BCUT2D eigenvalue weighted by molar-refractivity contribution is 5.92. The van der Waals surface area contributed by atoms with Crippen molar-refractivity contribution >= 4 is 12.0 Å². The van der Waals surface area contributed by atoms with Gasteiger partial charge in [0.1, 0.15) is 11.3 Å². The van der Waals surface area contributed by atoms with Crippen molar-refractivity contribution in [3.8, 4) is 0 Å². The van der Waals surface area contributed by atoms with Crippen LogP contribution in [0.4, 0.5) is 4.79 Å². The average Bonchev–Trinajstić information content (AvgIpc) is 2.46. The summed E-state index contributed by atoms with van der Waals surface area (Å²) >= 11 is 0. The number of piperidine rings is 1. The maximum absolute atomic E-state index is 12.1. The first-order valence-electron chi connectivity index (χ1n) is 7.55. The number of amides is 2. The van der Waals surface area contributed by atoms with E-state index >= 15 is 0 Å². The molecule has 0 unspecified atom stereocenters. The van der Waals surface area contributed by atoms with Crippen molar-refractivity contribution < 1.29 is 14.3 Å². The molecule has 1 atom stereocenters. The molecule has 0 spiro atoms. The quantitative estimate of drug-likeness (QED) is 0.909. The van der Waals surface area contributed by atoms with E-state index in [-0.39, 0.29) is 18.0 Å². The van der Waals surface area contributed by atoms with Gasteiger partial charge in [0.05, 0.1) is 0 Å². The topological polar surface area (TPSA) is 71.5 Å². The van der Waals surface area contributed by atoms with E-state index in [9.17, 15) is 9.59 Å². The van der Waals surface area contributed by atoms with Crippen molar-refractivity contribution in [3.05, 3.63) is 30.1 Å². The SMILES string of the molecule is CC(C)(C)OC(=O)N1CCC[C@H](NC(=O)c2ccccn2)C1. The van der Waals surface area contributed by atoms with Crippen LogP contribution in [0.15, 0.2) is 24.4 Å². The van der Waals surface area contributed by atoms with E-state index in [0.29, 0.717) is 18.8 Å². The molecule has 1 aromatic rings. The number of nitrogens with one attached hydrogen (secondary N) is 1. The monoisotopic (exact) mass is 305 g/mol. The Morgan fingerprint density at radius 1 is 1.36 bits per heavy atom. The summed E-state index contributed by atoms with van der Waals surface area (Å²) in [5.41, 5.74) is -0.127. The van der Waals surface area contributed by atoms with E-state index in [1.54, 1.807) is 29.3 Å². The van der Waals surface area contributed by atoms with Crippen LogP contribution in [0.5, 0.6) is 0 Å². The number of likely N-dealkylation sites (tertiary alicyclic amines) is 1. The molecule has 1 N–H and O–H groups in total. The fraction of sp³-hybridized carbons (Fsp3) is 0.562. The minimum atomic E-state index is -0.513. The molecule has 6 nitrogen and oxygen atoms in total. The zero-order valence-electron chi connectivity index (χ0n) is 13.3. The number of carbonyl (C=O) groups excluding carboxylic acids is 2. The number of carbonyl (C=O) groups is 2. The first-order valence-corrected chi connectivity index (χ1v) is 7.55. The molecular weight excluding hydrogens is 282 g/mol. The number of aromatic nitrogens is 1. The molecular formula is C16H23N3O3. The molecule has 6 heteroatoms. The summed E-state index contributed by atoms with van der Waals surface area (Å²) in [4.78, 5) is 29.9. The van der Waals surface area contributed by atoms with Crippen molar-refractivity contribution in [2.24, 2.45) is 0 Å². The summed E-state index contributed by atoms with van der Waals surface area (Å²) < 4.78 is 5.38. The molecule has 1 aliphatic rings. The van der Waals surface area contributed by atoms with Crippen LogP contribution in [0, 0.1) is 0 Å². The molecule has 0 aliphatic carbocycles. The molecule has 120 valence electrons. The van der Waals surface area contributed by atoms with Gasteiger partial charge >= 0.3 is 6.09 Å². The molecule has 1 saturated heterocycles. The van der Waals surface area contributed by atoms with Gasteiger partial charge in [-0.2, -0.15) is 0 Å². The molecule has 22 heavy (non-hydrogen) atoms. The van der Waals surface area contributed by atoms with Crippen molar-refractivity contribution in [1.82, 2.24) is 15.2 Å². The van der Waals surface area contributed by atoms with Crippen LogP contribution in [0.3, 0.4) is 0 Å². The van der Waals surface area contributed by atoms with Gasteiger partial charge in [0.25, 0.3) is 5.91 Å². The summed E-state index contributed by atoms with van der Waals surface area (Å²) in [6.07, 6.45) is 2.94. The summed E-state index contributed by atoms with van der Waals surface area (Å²) in [6, 6.07) is 5.14. The van der Waals surface area contributed by atoms with Gasteiger partial charge in [0, 0.05) is 25.3 Å². The van der Waals surface area contributed by atoms with Crippen LogP contribution in [0.1, 0.15) is 44.1 Å². The van der Waals surface area contributed by atoms with E-state index in [4.69, 9.17) is 4.74 Å². The summed E-state index contributed by atoms with van der Waals surface area (Å²) in [5.74, 6) is -0.211. The maximum atomic E-state index is 12.1. The lowest BCUT2D eigenvalue weighted by molar-refractivity contribution is 0.0185. The zero-order valence-corrected chi connectivity index (χ0v) is 13.3. The second-order valence-corrected chi connectivity index (χ2v) is 6.45. The van der Waals surface area contributed by atoms with Gasteiger partial charge in [-0.15, -0.1) is 0 Å². The number of ether oxygens (including phenoxy) is 1. The fourth-order valence-electron chi connectivity index (χ4n) is 2.34. The first-order chi connectivity index (χ1) is 10.3. The predicted octanol–water partition coefficient (Wildman–Crippen LogP) is 2.21. The van der Waals surface area contributed by atoms with Gasteiger partial charge < -0.3 is 15.0 Å². The number of nitrogens with zero attached hydrogens (tertiary/aromatic N) is 2. The third-order valence-corrected chi connectivity index (χ3v) is 3.31. The van der Waals surface area contributed by atoms with Gasteiger partial charge in [0.2, 0.25) is 0 Å². The highest BCUT2D eigenvalue weighted by Gasteiger charge is 2.28. The van der Waals surface area contributed by atoms with Gasteiger partial charge in [0.15, 0.2) is 0 Å². The molecule has 2 heterocycles. The number of hydrogen-bond acceptors (Lipinski definition) is 4. The molecule has 1 aliphatic heterocycles. The van der Waals surface area contributed by atoms with E-state index in [1.165, 1.54) is 0 Å². The Kier molecular flexibility index (Phi) is 5.00. The maximum Gasteiger partial charge on any atom is 0.410 e. The van der Waals surface area contributed by atoms with E-state index < -0.39 is 5.60 Å². The lowest BCUT2D eigenvalue weighted by atomic mass is 10.1. The third-order valence-electron chi connectivity index (χ3n) is 3.31. The second kappa shape index (κ2) is 6.77. The van der Waals surface area contributed by atoms with Gasteiger partial charge in [-0.1, -0.05) is 6.07 Å². The molecule has 2 amide bonds. The van der Waals surface area contributed by atoms with E-state index in [0.717, 1.165) is 12.8 Å². The standard InChI is InChI=1S/C16H23N3O3/c1-16(2,3)22-15(21)19-10-6-7-12(11-19)18-14(20)13-8-4-5-9-17-13/h4-5,8-9,12H,6-7,10-11H2,1-3H3,(H,18,20)/t12-/m0/s1. The summed E-state index contributed by atoms with van der Waals surface area (Å²) in [7, 11) is 0. The van der Waals surface area contributed by atoms with Crippen LogP contribution in [-0.4, -0.2) is 46.6 Å². The molecule has 0 aromatic carbocycles. The van der Waals surface area contributed by atoms with Crippen molar-refractivity contribution in [3.63, 3.8) is 0 Å². The smallest absolute Gasteiger partial charge is 0.410 e. The fourth-order valence-corrected chi connectivity index (χ4v) is 2.34. The van der Waals surface area contributed by atoms with E-state index in [2.05, 4.69) is 10.3 Å². The minimum absolute atomic E-state index is 0.0734. The molecule has 0 saturated carbocycles. The summed E-state index contributed by atoms with van der Waals surface area (Å²) in [5, 5.41) is 2.93. The molecule has 0 bridgehead atoms. The van der Waals surface area contributed by atoms with Crippen molar-refractivity contribution in [2.45, 2.75) is 45.3 Å². The first kappa shape index (κ1) is 16.3. The normalized spacial score (nSPS) is 18.7. The Labute approximate surface area is 130 Å². The Morgan fingerprint density at radius 3 is 2.77 bits per heavy atom. The largest absolute Gasteiger partial charge is 0.444 e. The second-order valence-electron chi connectivity index (χ2n) is 6.45. The van der Waals surface area contributed by atoms with Crippen molar-refractivity contribution in [2.75, 3.05) is 13.1 Å². The number of pyridine rings is 1. The molecule has 0 radical (unpaired) electrons. The van der Waals surface area contributed by atoms with Gasteiger partial charge in [-0.3, -0.25) is 9.78 Å². The lowest BCUT2D eigenvalue weighted by Gasteiger charge is -2.34. The highest BCUT2D eigenvalue weighted by atomic mass is 16.6. The Hall–Kier alpha value is -2.11. The third kappa shape index (κ3) is 4.72. The molecule has 1 aromatic heterocycles. The molecule has 2 rings (SSSR count). The van der Waals surface area contributed by atoms with Crippen LogP contribution < -0.4 is 5.32 Å².